The molecule has 1 N–H and O–H groups in total. The average Bonchev–Trinajstić information content (AvgIpc) is 2.63. The Hall–Kier alpha value is -2.61. The van der Waals surface area contributed by atoms with E-state index in [1.165, 1.54) is 19.1 Å². The van der Waals surface area contributed by atoms with Gasteiger partial charge in [0.05, 0.1) is 13.7 Å². The molecule has 0 spiro atoms. The molecule has 0 saturated carbocycles. The number of nitrogens with one attached hydrogen (secondary N) is 1. The first-order valence-electron chi connectivity index (χ1n) is 8.99. The lowest BCUT2D eigenvalue weighted by molar-refractivity contribution is -0.153. The van der Waals surface area contributed by atoms with Crippen LogP contribution in [0.3, 0.4) is 0 Å². The van der Waals surface area contributed by atoms with Crippen LogP contribution in [0.1, 0.15) is 33.3 Å². The number of hydrogen-bond acceptors (Lipinski definition) is 6. The van der Waals surface area contributed by atoms with E-state index in [1.54, 1.807) is 27.7 Å². The molecule has 0 aliphatic heterocycles. The summed E-state index contributed by atoms with van der Waals surface area (Å²) in [6, 6.07) is 7.36. The number of carbonyl (C=O) groups is 3. The molecule has 0 radical (unpaired) electrons. The van der Waals surface area contributed by atoms with E-state index in [0.29, 0.717) is 0 Å². The Morgan fingerprint density at radius 2 is 1.71 bits per heavy atom. The maximum Gasteiger partial charge on any atom is 0.408 e. The maximum atomic E-state index is 13.2. The van der Waals surface area contributed by atoms with Crippen LogP contribution in [-0.4, -0.2) is 61.4 Å². The van der Waals surface area contributed by atoms with Crippen LogP contribution in [0.15, 0.2) is 30.3 Å². The Bertz CT molecular complexity index is 656. The smallest absolute Gasteiger partial charge is 0.408 e. The van der Waals surface area contributed by atoms with Gasteiger partial charge in [0.2, 0.25) is 5.91 Å². The van der Waals surface area contributed by atoms with Gasteiger partial charge in [-0.3, -0.25) is 4.79 Å². The summed E-state index contributed by atoms with van der Waals surface area (Å²) in [4.78, 5) is 38.7. The molecule has 0 saturated heterocycles. The van der Waals surface area contributed by atoms with E-state index in [0.717, 1.165) is 5.56 Å². The standard InChI is InChI=1S/C20H30N2O6/c1-14(18(24)27-6)22(12-15-10-8-7-9-11-15)17(23)16(13-26-5)21-19(25)28-20(2,3)4/h7-11,14,16H,12-13H2,1-6H3,(H,21,25)/t14-,16+/m0/s1. The number of ether oxygens (including phenoxy) is 3. The van der Waals surface area contributed by atoms with Gasteiger partial charge in [-0.25, -0.2) is 9.59 Å². The third-order valence-corrected chi connectivity index (χ3v) is 3.81. The molecule has 0 heterocycles. The number of nitrogens with zero attached hydrogens (tertiary/aromatic N) is 1. The average molecular weight is 394 g/mol. The minimum Gasteiger partial charge on any atom is -0.467 e. The van der Waals surface area contributed by atoms with E-state index >= 15 is 0 Å². The van der Waals surface area contributed by atoms with Gasteiger partial charge in [-0.2, -0.15) is 0 Å². The molecule has 1 aromatic carbocycles. The Balaban J connectivity index is 3.07. The van der Waals surface area contributed by atoms with Gasteiger partial charge in [0, 0.05) is 13.7 Å². The zero-order valence-corrected chi connectivity index (χ0v) is 17.4. The van der Waals surface area contributed by atoms with Crippen LogP contribution >= 0.6 is 0 Å². The highest BCUT2D eigenvalue weighted by Gasteiger charge is 2.33. The highest BCUT2D eigenvalue weighted by Crippen LogP contribution is 2.13. The van der Waals surface area contributed by atoms with Crippen LogP contribution in [0.4, 0.5) is 4.79 Å². The normalized spacial score (nSPS) is 13.2. The molecule has 2 amide bonds. The second-order valence-corrected chi connectivity index (χ2v) is 7.31. The molecule has 0 bridgehead atoms. The third-order valence-electron chi connectivity index (χ3n) is 3.81. The van der Waals surface area contributed by atoms with Crippen molar-refractivity contribution in [1.82, 2.24) is 10.2 Å². The molecule has 8 nitrogen and oxygen atoms in total. The summed E-state index contributed by atoms with van der Waals surface area (Å²) in [5.41, 5.74) is 0.119. The maximum absolute atomic E-state index is 13.2. The Morgan fingerprint density at radius 1 is 1.11 bits per heavy atom. The number of rotatable bonds is 8. The van der Waals surface area contributed by atoms with Crippen molar-refractivity contribution < 1.29 is 28.6 Å². The predicted octanol–water partition coefficient (Wildman–Crippen LogP) is 2.12. The van der Waals surface area contributed by atoms with Gasteiger partial charge in [0.15, 0.2) is 0 Å². The molecule has 0 aliphatic rings. The van der Waals surface area contributed by atoms with Crippen LogP contribution in [0.2, 0.25) is 0 Å². The second kappa shape index (κ2) is 10.7. The number of hydrogen-bond donors (Lipinski definition) is 1. The minimum absolute atomic E-state index is 0.0722. The van der Waals surface area contributed by atoms with Crippen LogP contribution in [0.25, 0.3) is 0 Å². The van der Waals surface area contributed by atoms with Crippen molar-refractivity contribution in [2.75, 3.05) is 20.8 Å². The van der Waals surface area contributed by atoms with Crippen LogP contribution < -0.4 is 5.32 Å². The zero-order valence-electron chi connectivity index (χ0n) is 17.4. The van der Waals surface area contributed by atoms with E-state index < -0.39 is 35.7 Å². The van der Waals surface area contributed by atoms with Gasteiger partial charge in [0.1, 0.15) is 17.7 Å². The van der Waals surface area contributed by atoms with E-state index in [2.05, 4.69) is 5.32 Å². The van der Waals surface area contributed by atoms with Crippen molar-refractivity contribution >= 4 is 18.0 Å². The van der Waals surface area contributed by atoms with E-state index in [4.69, 9.17) is 14.2 Å². The van der Waals surface area contributed by atoms with Crippen molar-refractivity contribution in [1.29, 1.82) is 0 Å². The zero-order chi connectivity index (χ0) is 21.3. The number of methoxy groups -OCH3 is 2. The van der Waals surface area contributed by atoms with Crippen LogP contribution in [0.5, 0.6) is 0 Å². The number of carbonyl (C=O) groups excluding carboxylic acids is 3. The van der Waals surface area contributed by atoms with Gasteiger partial charge in [0.25, 0.3) is 0 Å². The van der Waals surface area contributed by atoms with E-state index in [9.17, 15) is 14.4 Å². The molecule has 2 atom stereocenters. The van der Waals surface area contributed by atoms with Gasteiger partial charge in [-0.05, 0) is 33.3 Å². The lowest BCUT2D eigenvalue weighted by Gasteiger charge is -2.31. The van der Waals surface area contributed by atoms with Crippen molar-refractivity contribution in [3.05, 3.63) is 35.9 Å². The first kappa shape index (κ1) is 23.4. The Labute approximate surface area is 166 Å². The summed E-state index contributed by atoms with van der Waals surface area (Å²) < 4.78 is 15.1. The Morgan fingerprint density at radius 3 is 2.21 bits per heavy atom. The summed E-state index contributed by atoms with van der Waals surface area (Å²) in [6.45, 7) is 6.84. The van der Waals surface area contributed by atoms with Crippen molar-refractivity contribution in [2.24, 2.45) is 0 Å². The molecule has 1 rings (SSSR count). The number of esters is 1. The predicted molar refractivity (Wildman–Crippen MR) is 104 cm³/mol. The monoisotopic (exact) mass is 394 g/mol. The summed E-state index contributed by atoms with van der Waals surface area (Å²) in [6.07, 6.45) is -0.742. The second-order valence-electron chi connectivity index (χ2n) is 7.31. The summed E-state index contributed by atoms with van der Waals surface area (Å²) >= 11 is 0. The van der Waals surface area contributed by atoms with Gasteiger partial charge in [-0.15, -0.1) is 0 Å². The van der Waals surface area contributed by atoms with Crippen molar-refractivity contribution in [3.63, 3.8) is 0 Å². The topological polar surface area (TPSA) is 94.2 Å². The third kappa shape index (κ3) is 7.56. The quantitative estimate of drug-likeness (QED) is 0.679. The number of amides is 2. The molecular formula is C20H30N2O6. The van der Waals surface area contributed by atoms with Gasteiger partial charge < -0.3 is 24.4 Å². The van der Waals surface area contributed by atoms with E-state index in [-0.39, 0.29) is 13.2 Å². The molecule has 0 aliphatic carbocycles. The van der Waals surface area contributed by atoms with Crippen molar-refractivity contribution in [2.45, 2.75) is 51.9 Å². The molecule has 0 aromatic heterocycles. The Kier molecular flexibility index (Phi) is 8.91. The molecule has 156 valence electrons. The lowest BCUT2D eigenvalue weighted by atomic mass is 10.1. The molecular weight excluding hydrogens is 364 g/mol. The fraction of sp³-hybridized carbons (Fsp3) is 0.550. The molecule has 1 aromatic rings. The number of benzene rings is 1. The summed E-state index contributed by atoms with van der Waals surface area (Å²) in [5, 5.41) is 2.52. The van der Waals surface area contributed by atoms with E-state index in [1.807, 2.05) is 30.3 Å². The first-order valence-corrected chi connectivity index (χ1v) is 8.99. The minimum atomic E-state index is -1.02. The van der Waals surface area contributed by atoms with Crippen LogP contribution in [-0.2, 0) is 30.3 Å². The molecule has 0 unspecified atom stereocenters. The van der Waals surface area contributed by atoms with Gasteiger partial charge in [-0.1, -0.05) is 30.3 Å². The van der Waals surface area contributed by atoms with Gasteiger partial charge >= 0.3 is 12.1 Å². The summed E-state index contributed by atoms with van der Waals surface area (Å²) in [7, 11) is 2.68. The molecule has 28 heavy (non-hydrogen) atoms. The fourth-order valence-electron chi connectivity index (χ4n) is 2.47. The fourth-order valence-corrected chi connectivity index (χ4v) is 2.47. The lowest BCUT2D eigenvalue weighted by Crippen LogP contribution is -2.55. The first-order chi connectivity index (χ1) is 13.1. The number of alkyl carbamates (subject to hydrolysis) is 1. The van der Waals surface area contributed by atoms with Crippen molar-refractivity contribution in [3.8, 4) is 0 Å². The molecule has 0 fully saturated rings. The van der Waals surface area contributed by atoms with Crippen LogP contribution in [0, 0.1) is 0 Å². The highest BCUT2D eigenvalue weighted by molar-refractivity contribution is 5.89. The largest absolute Gasteiger partial charge is 0.467 e. The molecule has 8 heteroatoms. The summed E-state index contributed by atoms with van der Waals surface area (Å²) in [5.74, 6) is -1.04. The highest BCUT2D eigenvalue weighted by atomic mass is 16.6. The SMILES string of the molecule is COC[C@@H](NC(=O)OC(C)(C)C)C(=O)N(Cc1ccccc1)[C@@H](C)C(=O)OC.